The van der Waals surface area contributed by atoms with Crippen molar-refractivity contribution in [3.05, 3.63) is 54.1 Å². The van der Waals surface area contributed by atoms with E-state index in [0.717, 1.165) is 10.5 Å². The number of rotatable bonds is 4. The Morgan fingerprint density at radius 1 is 1.00 bits per heavy atom. The summed E-state index contributed by atoms with van der Waals surface area (Å²) in [6.07, 6.45) is 0. The van der Waals surface area contributed by atoms with Crippen LogP contribution in [0.3, 0.4) is 0 Å². The first kappa shape index (κ1) is 18.7. The second-order valence-corrected chi connectivity index (χ2v) is 6.76. The van der Waals surface area contributed by atoms with E-state index < -0.39 is 29.7 Å². The van der Waals surface area contributed by atoms with E-state index in [2.05, 4.69) is 5.10 Å². The van der Waals surface area contributed by atoms with Crippen LogP contribution in [-0.2, 0) is 19.1 Å². The number of carbonyl (C=O) groups is 3. The van der Waals surface area contributed by atoms with Crippen LogP contribution in [0.4, 0.5) is 11.4 Å². The molecular weight excluding hydrogens is 374 g/mol. The van der Waals surface area contributed by atoms with Gasteiger partial charge in [-0.15, -0.1) is 0 Å². The molecule has 0 unspecified atom stereocenters. The van der Waals surface area contributed by atoms with E-state index in [1.165, 1.54) is 19.2 Å². The first-order valence-electron chi connectivity index (χ1n) is 9.01. The number of para-hydroxylation sites is 2. The highest BCUT2D eigenvalue weighted by atomic mass is 16.5. The lowest BCUT2D eigenvalue weighted by atomic mass is 9.97. The minimum atomic E-state index is -1.05. The first-order valence-corrected chi connectivity index (χ1v) is 9.01. The van der Waals surface area contributed by atoms with Gasteiger partial charge in [-0.2, -0.15) is 5.10 Å². The molecule has 0 radical (unpaired) electrons. The predicted molar refractivity (Wildman–Crippen MR) is 106 cm³/mol. The summed E-state index contributed by atoms with van der Waals surface area (Å²) in [6, 6.07) is 13.0. The zero-order valence-electron chi connectivity index (χ0n) is 16.2. The molecule has 0 aromatic heterocycles. The average molecular weight is 393 g/mol. The third-order valence-electron chi connectivity index (χ3n) is 5.07. The molecule has 1 fully saturated rings. The van der Waals surface area contributed by atoms with Gasteiger partial charge in [-0.3, -0.25) is 9.59 Å². The largest absolute Gasteiger partial charge is 0.495 e. The molecule has 2 atom stereocenters. The van der Waals surface area contributed by atoms with Crippen LogP contribution in [-0.4, -0.2) is 43.8 Å². The van der Waals surface area contributed by atoms with Crippen molar-refractivity contribution in [3.63, 3.8) is 0 Å². The van der Waals surface area contributed by atoms with Gasteiger partial charge in [0.2, 0.25) is 5.91 Å². The average Bonchev–Trinajstić information content (AvgIpc) is 3.25. The van der Waals surface area contributed by atoms with Crippen molar-refractivity contribution >= 4 is 34.9 Å². The number of hydrogen-bond donors (Lipinski definition) is 0. The fourth-order valence-corrected chi connectivity index (χ4v) is 3.65. The summed E-state index contributed by atoms with van der Waals surface area (Å²) in [4.78, 5) is 40.0. The molecule has 29 heavy (non-hydrogen) atoms. The van der Waals surface area contributed by atoms with Crippen LogP contribution in [0, 0.1) is 12.8 Å². The number of amides is 2. The first-order chi connectivity index (χ1) is 14.0. The van der Waals surface area contributed by atoms with Crippen LogP contribution >= 0.6 is 0 Å². The van der Waals surface area contributed by atoms with Crippen LogP contribution in [0.1, 0.15) is 5.56 Å². The van der Waals surface area contributed by atoms with Crippen LogP contribution in [0.5, 0.6) is 5.75 Å². The van der Waals surface area contributed by atoms with Gasteiger partial charge < -0.3 is 9.47 Å². The minimum absolute atomic E-state index is 0.101. The highest BCUT2D eigenvalue weighted by molar-refractivity contribution is 6.47. The van der Waals surface area contributed by atoms with E-state index in [9.17, 15) is 14.4 Å². The number of benzene rings is 2. The fourth-order valence-electron chi connectivity index (χ4n) is 3.65. The lowest BCUT2D eigenvalue weighted by Gasteiger charge is -2.23. The summed E-state index contributed by atoms with van der Waals surface area (Å²) in [7, 11) is 2.71. The van der Waals surface area contributed by atoms with Gasteiger partial charge >= 0.3 is 5.97 Å². The second kappa shape index (κ2) is 7.05. The molecule has 0 spiro atoms. The highest BCUT2D eigenvalue weighted by Crippen LogP contribution is 2.40. The van der Waals surface area contributed by atoms with E-state index in [1.807, 2.05) is 19.1 Å². The number of carbonyl (C=O) groups excluding carboxylic acids is 3. The quantitative estimate of drug-likeness (QED) is 0.582. The maximum Gasteiger partial charge on any atom is 0.355 e. The van der Waals surface area contributed by atoms with Gasteiger partial charge in [0.25, 0.3) is 5.91 Å². The zero-order chi connectivity index (χ0) is 20.7. The minimum Gasteiger partial charge on any atom is -0.495 e. The Morgan fingerprint density at radius 3 is 2.34 bits per heavy atom. The molecule has 2 heterocycles. The van der Waals surface area contributed by atoms with Crippen LogP contribution in [0.25, 0.3) is 0 Å². The Kier molecular flexibility index (Phi) is 4.54. The van der Waals surface area contributed by atoms with E-state index in [1.54, 1.807) is 36.4 Å². The molecule has 2 aliphatic heterocycles. The Labute approximate surface area is 167 Å². The van der Waals surface area contributed by atoms with E-state index in [-0.39, 0.29) is 5.71 Å². The van der Waals surface area contributed by atoms with Gasteiger partial charge in [0.1, 0.15) is 23.4 Å². The molecule has 8 nitrogen and oxygen atoms in total. The molecule has 0 N–H and O–H groups in total. The lowest BCUT2D eigenvalue weighted by Crippen LogP contribution is -2.39. The highest BCUT2D eigenvalue weighted by Gasteiger charge is 2.59. The number of esters is 1. The van der Waals surface area contributed by atoms with Crippen LogP contribution in [0.2, 0.25) is 0 Å². The fraction of sp³-hybridized carbons (Fsp3) is 0.238. The smallest absolute Gasteiger partial charge is 0.355 e. The molecule has 4 rings (SSSR count). The lowest BCUT2D eigenvalue weighted by molar-refractivity contribution is -0.133. The summed E-state index contributed by atoms with van der Waals surface area (Å²) in [5.41, 5.74) is 1.83. The Bertz CT molecular complexity index is 1030. The number of methoxy groups -OCH3 is 2. The number of anilines is 2. The van der Waals surface area contributed by atoms with Gasteiger partial charge in [-0.1, -0.05) is 29.8 Å². The number of hydrogen-bond acceptors (Lipinski definition) is 7. The standard InChI is InChI=1S/C21H19N3O5/c1-12-8-10-13(11-9-12)23-19(25)16-17(21(27)29-3)22-24(18(16)20(23)26)14-6-4-5-7-15(14)28-2/h4-11,16,18H,1-3H3/t16-,18-/m0/s1. The van der Waals surface area contributed by atoms with Crippen molar-refractivity contribution in [3.8, 4) is 5.75 Å². The molecule has 0 bridgehead atoms. The second-order valence-electron chi connectivity index (χ2n) is 6.76. The van der Waals surface area contributed by atoms with Gasteiger partial charge in [0.15, 0.2) is 5.71 Å². The van der Waals surface area contributed by atoms with Gasteiger partial charge in [0.05, 0.1) is 19.9 Å². The van der Waals surface area contributed by atoms with Gasteiger partial charge in [0, 0.05) is 0 Å². The summed E-state index contributed by atoms with van der Waals surface area (Å²) in [6.45, 7) is 1.91. The van der Waals surface area contributed by atoms with Gasteiger partial charge in [-0.25, -0.2) is 14.7 Å². The van der Waals surface area contributed by atoms with Crippen molar-refractivity contribution in [2.45, 2.75) is 13.0 Å². The molecule has 2 amide bonds. The summed E-state index contributed by atoms with van der Waals surface area (Å²) in [5, 5.41) is 5.67. The molecule has 1 saturated heterocycles. The zero-order valence-corrected chi connectivity index (χ0v) is 16.2. The van der Waals surface area contributed by atoms with E-state index in [0.29, 0.717) is 17.1 Å². The summed E-state index contributed by atoms with van der Waals surface area (Å²) in [5.74, 6) is -2.30. The number of nitrogens with zero attached hydrogens (tertiary/aromatic N) is 3. The summed E-state index contributed by atoms with van der Waals surface area (Å²) >= 11 is 0. The number of hydrazone groups is 1. The SMILES string of the molecule is COC(=O)C1=NN(c2ccccc2OC)[C@@H]2C(=O)N(c3ccc(C)cc3)C(=O)[C@@H]12. The van der Waals surface area contributed by atoms with Crippen molar-refractivity contribution in [2.75, 3.05) is 24.1 Å². The van der Waals surface area contributed by atoms with E-state index >= 15 is 0 Å². The summed E-state index contributed by atoms with van der Waals surface area (Å²) < 4.78 is 10.2. The van der Waals surface area contributed by atoms with Crippen molar-refractivity contribution in [2.24, 2.45) is 11.0 Å². The molecule has 0 saturated carbocycles. The van der Waals surface area contributed by atoms with Crippen LogP contribution in [0.15, 0.2) is 53.6 Å². The Balaban J connectivity index is 1.83. The molecule has 8 heteroatoms. The van der Waals surface area contributed by atoms with Gasteiger partial charge in [-0.05, 0) is 31.2 Å². The maximum absolute atomic E-state index is 13.3. The molecular formula is C21H19N3O5. The topological polar surface area (TPSA) is 88.5 Å². The van der Waals surface area contributed by atoms with Crippen LogP contribution < -0.4 is 14.6 Å². The maximum atomic E-state index is 13.3. The predicted octanol–water partition coefficient (Wildman–Crippen LogP) is 1.91. The number of aryl methyl sites for hydroxylation is 1. The Morgan fingerprint density at radius 2 is 1.69 bits per heavy atom. The van der Waals surface area contributed by atoms with Crippen molar-refractivity contribution in [1.82, 2.24) is 0 Å². The van der Waals surface area contributed by atoms with Crippen molar-refractivity contribution < 1.29 is 23.9 Å². The third kappa shape index (κ3) is 2.84. The number of ether oxygens (including phenoxy) is 2. The Hall–Kier alpha value is -3.68. The number of imide groups is 1. The molecule has 2 aromatic rings. The monoisotopic (exact) mass is 393 g/mol. The van der Waals surface area contributed by atoms with E-state index in [4.69, 9.17) is 9.47 Å². The number of fused-ring (bicyclic) bond motifs is 1. The molecule has 2 aromatic carbocycles. The normalized spacial score (nSPS) is 20.6. The van der Waals surface area contributed by atoms with Crippen molar-refractivity contribution in [1.29, 1.82) is 0 Å². The third-order valence-corrected chi connectivity index (χ3v) is 5.07. The molecule has 0 aliphatic carbocycles. The molecule has 2 aliphatic rings. The molecule has 148 valence electrons.